The zero-order valence-corrected chi connectivity index (χ0v) is 11.9. The van der Waals surface area contributed by atoms with E-state index in [9.17, 15) is 9.59 Å². The van der Waals surface area contributed by atoms with Gasteiger partial charge in [-0.1, -0.05) is 0 Å². The van der Waals surface area contributed by atoms with Crippen LogP contribution in [0.4, 0.5) is 5.82 Å². The number of nitrogens with two attached hydrogens (primary N) is 1. The highest BCUT2D eigenvalue weighted by Crippen LogP contribution is 2.15. The van der Waals surface area contributed by atoms with Gasteiger partial charge in [-0.3, -0.25) is 9.69 Å². The summed E-state index contributed by atoms with van der Waals surface area (Å²) in [6.45, 7) is 1.90. The molecule has 0 atom stereocenters. The van der Waals surface area contributed by atoms with Crippen molar-refractivity contribution in [2.75, 3.05) is 32.1 Å². The van der Waals surface area contributed by atoms with Gasteiger partial charge in [0.15, 0.2) is 0 Å². The number of rotatable bonds is 5. The number of ether oxygens (including phenoxy) is 1. The van der Waals surface area contributed by atoms with Gasteiger partial charge in [-0.25, -0.2) is 14.8 Å². The third-order valence-corrected chi connectivity index (χ3v) is 3.34. The van der Waals surface area contributed by atoms with Crippen molar-refractivity contribution in [2.24, 2.45) is 5.73 Å². The number of carbonyl (C=O) groups is 2. The van der Waals surface area contributed by atoms with Crippen molar-refractivity contribution >= 4 is 17.7 Å². The maximum Gasteiger partial charge on any atom is 0.376 e. The van der Waals surface area contributed by atoms with E-state index in [-0.39, 0.29) is 17.8 Å². The molecule has 0 radical (unpaired) electrons. The molecule has 0 aliphatic carbocycles. The number of piperidine rings is 1. The predicted molar refractivity (Wildman–Crippen MR) is 75.7 cm³/mol. The first-order valence-electron chi connectivity index (χ1n) is 6.77. The number of hydrogen-bond acceptors (Lipinski definition) is 7. The van der Waals surface area contributed by atoms with E-state index in [0.717, 1.165) is 25.9 Å². The molecular formula is C13H19N5O3. The van der Waals surface area contributed by atoms with Crippen molar-refractivity contribution in [3.63, 3.8) is 0 Å². The van der Waals surface area contributed by atoms with Crippen LogP contribution in [-0.4, -0.2) is 59.5 Å². The molecule has 3 N–H and O–H groups in total. The third kappa shape index (κ3) is 4.38. The lowest BCUT2D eigenvalue weighted by Crippen LogP contribution is -2.43. The summed E-state index contributed by atoms with van der Waals surface area (Å²) in [4.78, 5) is 32.3. The molecule has 1 amide bonds. The first kappa shape index (κ1) is 15.2. The summed E-state index contributed by atoms with van der Waals surface area (Å²) in [5.74, 6) is -0.234. The maximum absolute atomic E-state index is 11.4. The van der Waals surface area contributed by atoms with Crippen LogP contribution in [0, 0.1) is 0 Å². The molecule has 1 aromatic rings. The van der Waals surface area contributed by atoms with Crippen molar-refractivity contribution in [3.8, 4) is 0 Å². The van der Waals surface area contributed by atoms with Crippen molar-refractivity contribution in [2.45, 2.75) is 18.9 Å². The Kier molecular flexibility index (Phi) is 5.04. The lowest BCUT2D eigenvalue weighted by Gasteiger charge is -2.31. The number of esters is 1. The molecule has 1 fully saturated rings. The number of hydrogen-bond donors (Lipinski definition) is 2. The van der Waals surface area contributed by atoms with Gasteiger partial charge in [-0.15, -0.1) is 0 Å². The molecule has 114 valence electrons. The summed E-state index contributed by atoms with van der Waals surface area (Å²) in [5.41, 5.74) is 5.18. The van der Waals surface area contributed by atoms with Crippen LogP contribution >= 0.6 is 0 Å². The summed E-state index contributed by atoms with van der Waals surface area (Å²) in [6.07, 6.45) is 3.28. The second kappa shape index (κ2) is 6.98. The van der Waals surface area contributed by atoms with Crippen LogP contribution < -0.4 is 11.1 Å². The largest absolute Gasteiger partial charge is 0.463 e. The van der Waals surface area contributed by atoms with Gasteiger partial charge >= 0.3 is 5.97 Å². The van der Waals surface area contributed by atoms with Crippen molar-refractivity contribution in [1.29, 1.82) is 0 Å². The second-order valence-electron chi connectivity index (χ2n) is 4.92. The molecular weight excluding hydrogens is 274 g/mol. The van der Waals surface area contributed by atoms with Gasteiger partial charge in [-0.05, 0) is 18.9 Å². The normalized spacial score (nSPS) is 16.4. The standard InChI is InChI=1S/C13H19N5O3/c1-21-13(20)12-15-5-2-11(17-12)16-9-3-6-18(7-4-9)8-10(14)19/h2,5,9H,3-4,6-8H2,1H3,(H2,14,19)(H,15,16,17). The quantitative estimate of drug-likeness (QED) is 0.712. The average molecular weight is 293 g/mol. The predicted octanol–water partition coefficient (Wildman–Crippen LogP) is -0.375. The van der Waals surface area contributed by atoms with Gasteiger partial charge in [0.05, 0.1) is 13.7 Å². The zero-order valence-electron chi connectivity index (χ0n) is 11.9. The number of nitrogens with zero attached hydrogens (tertiary/aromatic N) is 3. The molecule has 8 heteroatoms. The number of aromatic nitrogens is 2. The monoisotopic (exact) mass is 293 g/mol. The number of carbonyl (C=O) groups excluding carboxylic acids is 2. The molecule has 8 nitrogen and oxygen atoms in total. The minimum absolute atomic E-state index is 0.0358. The highest BCUT2D eigenvalue weighted by atomic mass is 16.5. The van der Waals surface area contributed by atoms with Crippen LogP contribution in [0.5, 0.6) is 0 Å². The van der Waals surface area contributed by atoms with Crippen LogP contribution in [-0.2, 0) is 9.53 Å². The van der Waals surface area contributed by atoms with Gasteiger partial charge in [0.25, 0.3) is 0 Å². The second-order valence-corrected chi connectivity index (χ2v) is 4.92. The Hall–Kier alpha value is -2.22. The minimum Gasteiger partial charge on any atom is -0.463 e. The van der Waals surface area contributed by atoms with Gasteiger partial charge in [-0.2, -0.15) is 0 Å². The number of methoxy groups -OCH3 is 1. The Morgan fingerprint density at radius 3 is 2.81 bits per heavy atom. The fourth-order valence-electron chi connectivity index (χ4n) is 2.29. The summed E-state index contributed by atoms with van der Waals surface area (Å²) < 4.78 is 4.59. The molecule has 0 aromatic carbocycles. The van der Waals surface area contributed by atoms with E-state index in [1.54, 1.807) is 6.07 Å². The molecule has 0 bridgehead atoms. The van der Waals surface area contributed by atoms with Gasteiger partial charge in [0.2, 0.25) is 11.7 Å². The SMILES string of the molecule is COC(=O)c1nccc(NC2CCN(CC(N)=O)CC2)n1. The highest BCUT2D eigenvalue weighted by Gasteiger charge is 2.20. The molecule has 21 heavy (non-hydrogen) atoms. The number of likely N-dealkylation sites (tertiary alicyclic amines) is 1. The van der Waals surface area contributed by atoms with E-state index in [0.29, 0.717) is 12.4 Å². The molecule has 0 unspecified atom stereocenters. The van der Waals surface area contributed by atoms with Crippen LogP contribution in [0.1, 0.15) is 23.5 Å². The zero-order chi connectivity index (χ0) is 15.2. The van der Waals surface area contributed by atoms with Crippen LogP contribution in [0.3, 0.4) is 0 Å². The Morgan fingerprint density at radius 1 is 1.48 bits per heavy atom. The van der Waals surface area contributed by atoms with E-state index in [4.69, 9.17) is 5.73 Å². The Balaban J connectivity index is 1.89. The van der Waals surface area contributed by atoms with Crippen molar-refractivity contribution in [1.82, 2.24) is 14.9 Å². The molecule has 1 aromatic heterocycles. The lowest BCUT2D eigenvalue weighted by molar-refractivity contribution is -0.119. The fraction of sp³-hybridized carbons (Fsp3) is 0.538. The van der Waals surface area contributed by atoms with E-state index in [2.05, 4.69) is 20.0 Å². The van der Waals surface area contributed by atoms with Crippen molar-refractivity contribution in [3.05, 3.63) is 18.1 Å². The molecule has 0 saturated carbocycles. The van der Waals surface area contributed by atoms with E-state index < -0.39 is 5.97 Å². The van der Waals surface area contributed by atoms with E-state index >= 15 is 0 Å². The number of anilines is 1. The third-order valence-electron chi connectivity index (χ3n) is 3.34. The molecule has 1 aliphatic heterocycles. The molecule has 2 rings (SSSR count). The van der Waals surface area contributed by atoms with Crippen molar-refractivity contribution < 1.29 is 14.3 Å². The molecule has 1 saturated heterocycles. The summed E-state index contributed by atoms with van der Waals surface area (Å²) >= 11 is 0. The van der Waals surface area contributed by atoms with Crippen LogP contribution in [0.15, 0.2) is 12.3 Å². The first-order chi connectivity index (χ1) is 10.1. The number of amides is 1. The lowest BCUT2D eigenvalue weighted by atomic mass is 10.1. The average Bonchev–Trinajstić information content (AvgIpc) is 2.48. The maximum atomic E-state index is 11.4. The number of nitrogens with one attached hydrogen (secondary N) is 1. The highest BCUT2D eigenvalue weighted by molar-refractivity contribution is 5.85. The summed E-state index contributed by atoms with van der Waals surface area (Å²) in [6, 6.07) is 1.96. The van der Waals surface area contributed by atoms with Gasteiger partial charge < -0.3 is 15.8 Å². The van der Waals surface area contributed by atoms with E-state index in [1.165, 1.54) is 13.3 Å². The molecule has 0 spiro atoms. The topological polar surface area (TPSA) is 110 Å². The van der Waals surface area contributed by atoms with Crippen LogP contribution in [0.2, 0.25) is 0 Å². The van der Waals surface area contributed by atoms with E-state index in [1.807, 2.05) is 4.90 Å². The summed E-state index contributed by atoms with van der Waals surface area (Å²) in [7, 11) is 1.29. The Morgan fingerprint density at radius 2 is 2.19 bits per heavy atom. The molecule has 2 heterocycles. The molecule has 1 aliphatic rings. The van der Waals surface area contributed by atoms with Gasteiger partial charge in [0.1, 0.15) is 5.82 Å². The van der Waals surface area contributed by atoms with Crippen LogP contribution in [0.25, 0.3) is 0 Å². The summed E-state index contributed by atoms with van der Waals surface area (Å²) in [5, 5.41) is 3.27. The minimum atomic E-state index is -0.560. The fourth-order valence-corrected chi connectivity index (χ4v) is 2.29. The first-order valence-corrected chi connectivity index (χ1v) is 6.77. The number of primary amides is 1. The van der Waals surface area contributed by atoms with Gasteiger partial charge in [0, 0.05) is 25.3 Å². The Labute approximate surface area is 122 Å². The smallest absolute Gasteiger partial charge is 0.376 e. The Bertz CT molecular complexity index is 514.